The molecule has 0 amide bonds. The number of methoxy groups -OCH3 is 1. The second-order valence-electron chi connectivity index (χ2n) is 3.45. The summed E-state index contributed by atoms with van der Waals surface area (Å²) in [4.78, 5) is 9.84. The molecule has 0 aromatic heterocycles. The van der Waals surface area contributed by atoms with Crippen LogP contribution in [0, 0.1) is 0 Å². The van der Waals surface area contributed by atoms with E-state index in [9.17, 15) is 9.90 Å². The average Bonchev–Trinajstić information content (AvgIpc) is 2.48. The maximum absolute atomic E-state index is 9.84. The Morgan fingerprint density at radius 1 is 1.42 bits per heavy atom. The molecule has 2 N–H and O–H groups in total. The summed E-state index contributed by atoms with van der Waals surface area (Å²) < 4.78 is 9.14. The molecule has 1 aromatic rings. The summed E-state index contributed by atoms with van der Waals surface area (Å²) in [6.07, 6.45) is 0.507. The maximum atomic E-state index is 9.84. The number of esters is 1. The highest BCUT2D eigenvalue weighted by Crippen LogP contribution is 2.11. The molecule has 1 atom stereocenters. The number of aliphatic hydroxyl groups is 2. The molecular formula is C14H20O5. The highest BCUT2D eigenvalue weighted by molar-refractivity contribution is 5.80. The van der Waals surface area contributed by atoms with Gasteiger partial charge in [-0.1, -0.05) is 36.9 Å². The number of rotatable bonds is 6. The largest absolute Gasteiger partial charge is 0.466 e. The first-order valence-corrected chi connectivity index (χ1v) is 5.77. The Balaban J connectivity index is 0.000000459. The van der Waals surface area contributed by atoms with E-state index in [1.807, 2.05) is 30.3 Å². The SMILES string of the molecule is C=CC(=O)OC.OCCOCC(O)c1ccccc1. The van der Waals surface area contributed by atoms with Crippen molar-refractivity contribution >= 4 is 5.97 Å². The van der Waals surface area contributed by atoms with Crippen molar-refractivity contribution < 1.29 is 24.5 Å². The molecule has 106 valence electrons. The fourth-order valence-electron chi connectivity index (χ4n) is 1.11. The lowest BCUT2D eigenvalue weighted by Crippen LogP contribution is -2.09. The van der Waals surface area contributed by atoms with Gasteiger partial charge in [-0.05, 0) is 5.56 Å². The number of carbonyl (C=O) groups excluding carboxylic acids is 1. The van der Waals surface area contributed by atoms with Crippen LogP contribution in [0.2, 0.25) is 0 Å². The number of hydrogen-bond acceptors (Lipinski definition) is 5. The van der Waals surface area contributed by atoms with Crippen molar-refractivity contribution in [1.29, 1.82) is 0 Å². The van der Waals surface area contributed by atoms with E-state index in [1.165, 1.54) is 7.11 Å². The van der Waals surface area contributed by atoms with Crippen molar-refractivity contribution in [3.8, 4) is 0 Å². The Hall–Kier alpha value is -1.69. The number of carbonyl (C=O) groups is 1. The van der Waals surface area contributed by atoms with Crippen molar-refractivity contribution in [2.24, 2.45) is 0 Å². The molecule has 0 radical (unpaired) electrons. The van der Waals surface area contributed by atoms with E-state index in [0.29, 0.717) is 0 Å². The molecule has 0 heterocycles. The fourth-order valence-corrected chi connectivity index (χ4v) is 1.11. The van der Waals surface area contributed by atoms with Gasteiger partial charge in [-0.25, -0.2) is 4.79 Å². The predicted molar refractivity (Wildman–Crippen MR) is 71.5 cm³/mol. The maximum Gasteiger partial charge on any atom is 0.329 e. The molecule has 0 saturated heterocycles. The van der Waals surface area contributed by atoms with Gasteiger partial charge in [0.15, 0.2) is 0 Å². The zero-order valence-corrected chi connectivity index (χ0v) is 11.0. The first-order valence-electron chi connectivity index (χ1n) is 5.77. The Morgan fingerprint density at radius 3 is 2.47 bits per heavy atom. The van der Waals surface area contributed by atoms with E-state index >= 15 is 0 Å². The van der Waals surface area contributed by atoms with Crippen LogP contribution in [-0.2, 0) is 14.3 Å². The normalized spacial score (nSPS) is 10.9. The molecule has 1 aromatic carbocycles. The number of hydrogen-bond donors (Lipinski definition) is 2. The number of ether oxygens (including phenoxy) is 2. The van der Waals surface area contributed by atoms with Gasteiger partial charge in [0.25, 0.3) is 0 Å². The molecule has 0 bridgehead atoms. The molecule has 0 fully saturated rings. The van der Waals surface area contributed by atoms with Gasteiger partial charge in [0.05, 0.1) is 26.9 Å². The highest BCUT2D eigenvalue weighted by atomic mass is 16.5. The second kappa shape index (κ2) is 11.4. The van der Waals surface area contributed by atoms with Crippen molar-refractivity contribution in [3.63, 3.8) is 0 Å². The Labute approximate surface area is 113 Å². The van der Waals surface area contributed by atoms with Crippen molar-refractivity contribution in [2.45, 2.75) is 6.10 Å². The predicted octanol–water partition coefficient (Wildman–Crippen LogP) is 1.07. The third-order valence-corrected chi connectivity index (χ3v) is 2.06. The van der Waals surface area contributed by atoms with Crippen LogP contribution in [0.25, 0.3) is 0 Å². The van der Waals surface area contributed by atoms with Crippen LogP contribution in [0.4, 0.5) is 0 Å². The summed E-state index contributed by atoms with van der Waals surface area (Å²) in [5.41, 5.74) is 0.834. The van der Waals surface area contributed by atoms with Gasteiger partial charge >= 0.3 is 5.97 Å². The summed E-state index contributed by atoms with van der Waals surface area (Å²) in [7, 11) is 1.31. The Kier molecular flexibility index (Phi) is 10.4. The van der Waals surface area contributed by atoms with Gasteiger partial charge in [-0.3, -0.25) is 0 Å². The van der Waals surface area contributed by atoms with Crippen LogP contribution in [0.5, 0.6) is 0 Å². The van der Waals surface area contributed by atoms with Gasteiger partial charge in [0.2, 0.25) is 0 Å². The van der Waals surface area contributed by atoms with Crippen molar-refractivity contribution in [1.82, 2.24) is 0 Å². The first-order chi connectivity index (χ1) is 9.15. The average molecular weight is 268 g/mol. The summed E-state index contributed by atoms with van der Waals surface area (Å²) in [5, 5.41) is 18.0. The molecule has 0 saturated carbocycles. The number of aliphatic hydroxyl groups excluding tert-OH is 2. The lowest BCUT2D eigenvalue weighted by Gasteiger charge is -2.10. The lowest BCUT2D eigenvalue weighted by molar-refractivity contribution is -0.134. The molecule has 0 aliphatic carbocycles. The topological polar surface area (TPSA) is 76.0 Å². The standard InChI is InChI=1S/C10H14O3.C4H6O2/c11-6-7-13-8-10(12)9-4-2-1-3-5-9;1-3-4(5)6-2/h1-5,10-12H,6-8H2;3H,1H2,2H3. The van der Waals surface area contributed by atoms with Gasteiger partial charge in [0, 0.05) is 6.08 Å². The minimum atomic E-state index is -0.604. The first kappa shape index (κ1) is 17.3. The van der Waals surface area contributed by atoms with E-state index in [-0.39, 0.29) is 19.8 Å². The minimum absolute atomic E-state index is 0.0124. The van der Waals surface area contributed by atoms with Crippen LogP contribution < -0.4 is 0 Å². The second-order valence-corrected chi connectivity index (χ2v) is 3.45. The summed E-state index contributed by atoms with van der Waals surface area (Å²) in [5.74, 6) is -0.394. The zero-order chi connectivity index (χ0) is 14.5. The fraction of sp³-hybridized carbons (Fsp3) is 0.357. The quantitative estimate of drug-likeness (QED) is 0.458. The molecule has 1 rings (SSSR count). The van der Waals surface area contributed by atoms with E-state index < -0.39 is 12.1 Å². The van der Waals surface area contributed by atoms with E-state index in [2.05, 4.69) is 11.3 Å². The van der Waals surface area contributed by atoms with Crippen LogP contribution in [0.3, 0.4) is 0 Å². The van der Waals surface area contributed by atoms with Gasteiger partial charge in [-0.2, -0.15) is 0 Å². The third-order valence-electron chi connectivity index (χ3n) is 2.06. The van der Waals surface area contributed by atoms with Crippen LogP contribution in [-0.4, -0.2) is 43.1 Å². The minimum Gasteiger partial charge on any atom is -0.466 e. The Bertz CT molecular complexity index is 350. The number of benzene rings is 1. The summed E-state index contributed by atoms with van der Waals surface area (Å²) in [6.45, 7) is 3.64. The molecule has 5 nitrogen and oxygen atoms in total. The van der Waals surface area contributed by atoms with Crippen LogP contribution >= 0.6 is 0 Å². The third kappa shape index (κ3) is 8.96. The Morgan fingerprint density at radius 2 is 2.05 bits per heavy atom. The molecule has 0 aliphatic rings. The van der Waals surface area contributed by atoms with Crippen molar-refractivity contribution in [2.75, 3.05) is 26.9 Å². The molecule has 19 heavy (non-hydrogen) atoms. The van der Waals surface area contributed by atoms with Crippen LogP contribution in [0.1, 0.15) is 11.7 Å². The molecule has 1 unspecified atom stereocenters. The van der Waals surface area contributed by atoms with Crippen LogP contribution in [0.15, 0.2) is 43.0 Å². The van der Waals surface area contributed by atoms with E-state index in [1.54, 1.807) is 0 Å². The van der Waals surface area contributed by atoms with E-state index in [0.717, 1.165) is 11.6 Å². The monoisotopic (exact) mass is 268 g/mol. The highest BCUT2D eigenvalue weighted by Gasteiger charge is 2.05. The van der Waals surface area contributed by atoms with Crippen molar-refractivity contribution in [3.05, 3.63) is 48.6 Å². The molecule has 5 heteroatoms. The van der Waals surface area contributed by atoms with Gasteiger partial charge in [-0.15, -0.1) is 0 Å². The lowest BCUT2D eigenvalue weighted by atomic mass is 10.1. The molecule has 0 spiro atoms. The smallest absolute Gasteiger partial charge is 0.329 e. The zero-order valence-electron chi connectivity index (χ0n) is 11.0. The molecular weight excluding hydrogens is 248 g/mol. The summed E-state index contributed by atoms with van der Waals surface area (Å²) >= 11 is 0. The molecule has 0 aliphatic heterocycles. The van der Waals surface area contributed by atoms with E-state index in [4.69, 9.17) is 9.84 Å². The van der Waals surface area contributed by atoms with Gasteiger partial charge < -0.3 is 19.7 Å². The van der Waals surface area contributed by atoms with Gasteiger partial charge in [0.1, 0.15) is 6.10 Å². The summed E-state index contributed by atoms with van der Waals surface area (Å²) in [6, 6.07) is 9.31.